The monoisotopic (exact) mass is 531 g/mol. The van der Waals surface area contributed by atoms with E-state index >= 15 is 0 Å². The zero-order valence-corrected chi connectivity index (χ0v) is 21.8. The second-order valence-corrected chi connectivity index (χ2v) is 10.9. The second-order valence-electron chi connectivity index (χ2n) is 9.26. The molecule has 9 heteroatoms. The molecule has 0 radical (unpaired) electrons. The van der Waals surface area contributed by atoms with Crippen LogP contribution in [0.1, 0.15) is 15.9 Å². The molecule has 0 bridgehead atoms. The van der Waals surface area contributed by atoms with E-state index in [4.69, 9.17) is 4.74 Å². The third-order valence-electron chi connectivity index (χ3n) is 6.79. The molecular weight excluding hydrogens is 502 g/mol. The van der Waals surface area contributed by atoms with E-state index in [1.807, 2.05) is 48.5 Å². The van der Waals surface area contributed by atoms with Crippen LogP contribution in [0.25, 0.3) is 10.8 Å². The molecule has 0 amide bonds. The number of nitrogens with zero attached hydrogens (tertiary/aromatic N) is 2. The van der Waals surface area contributed by atoms with Crippen LogP contribution in [0.3, 0.4) is 0 Å². The Morgan fingerprint density at radius 2 is 1.61 bits per heavy atom. The van der Waals surface area contributed by atoms with Crippen LogP contribution in [0.2, 0.25) is 0 Å². The minimum atomic E-state index is -3.71. The number of rotatable bonds is 8. The smallest absolute Gasteiger partial charge is 0.339 e. The lowest BCUT2D eigenvalue weighted by Crippen LogP contribution is -2.45. The molecule has 4 aromatic rings. The molecule has 4 aromatic carbocycles. The number of benzene rings is 4. The fourth-order valence-electron chi connectivity index (χ4n) is 4.73. The number of carbonyl (C=O) groups is 1. The molecule has 0 aliphatic carbocycles. The van der Waals surface area contributed by atoms with E-state index in [1.54, 1.807) is 36.4 Å². The fraction of sp³-hybridized carbons (Fsp3) is 0.207. The summed E-state index contributed by atoms with van der Waals surface area (Å²) in [6.45, 7) is 3.93. The van der Waals surface area contributed by atoms with Gasteiger partial charge < -0.3 is 14.7 Å². The van der Waals surface area contributed by atoms with Gasteiger partial charge in [-0.2, -0.15) is 0 Å². The third-order valence-corrected chi connectivity index (χ3v) is 8.17. The lowest BCUT2D eigenvalue weighted by Gasteiger charge is -2.36. The SMILES string of the molecule is COc1ccc(CN2CCN(c3ccc(NS(=O)(=O)c4ccc5ccccc5c4)cc3)CC2)cc1C(=O)O. The van der Waals surface area contributed by atoms with Crippen molar-refractivity contribution in [3.8, 4) is 5.75 Å². The maximum absolute atomic E-state index is 12.9. The van der Waals surface area contributed by atoms with Crippen molar-refractivity contribution in [2.75, 3.05) is 42.9 Å². The van der Waals surface area contributed by atoms with E-state index in [9.17, 15) is 18.3 Å². The van der Waals surface area contributed by atoms with Gasteiger partial charge in [-0.25, -0.2) is 13.2 Å². The van der Waals surface area contributed by atoms with Crippen LogP contribution in [0.15, 0.2) is 89.8 Å². The Morgan fingerprint density at radius 1 is 0.895 bits per heavy atom. The van der Waals surface area contributed by atoms with Crippen molar-refractivity contribution in [2.45, 2.75) is 11.4 Å². The van der Waals surface area contributed by atoms with Crippen LogP contribution in [0.5, 0.6) is 5.75 Å². The Kier molecular flexibility index (Phi) is 7.22. The van der Waals surface area contributed by atoms with Crippen LogP contribution >= 0.6 is 0 Å². The number of anilines is 2. The molecule has 0 unspecified atom stereocenters. The molecule has 1 aliphatic heterocycles. The average molecular weight is 532 g/mol. The van der Waals surface area contributed by atoms with E-state index in [0.717, 1.165) is 48.2 Å². The Labute approximate surface area is 222 Å². The summed E-state index contributed by atoms with van der Waals surface area (Å²) in [6, 6.07) is 25.5. The summed E-state index contributed by atoms with van der Waals surface area (Å²) < 4.78 is 33.7. The molecule has 196 valence electrons. The lowest BCUT2D eigenvalue weighted by molar-refractivity contribution is 0.0693. The first-order valence-electron chi connectivity index (χ1n) is 12.3. The predicted molar refractivity (Wildman–Crippen MR) is 149 cm³/mol. The Morgan fingerprint density at radius 3 is 2.29 bits per heavy atom. The van der Waals surface area contributed by atoms with Crippen molar-refractivity contribution in [3.63, 3.8) is 0 Å². The van der Waals surface area contributed by atoms with Gasteiger partial charge >= 0.3 is 5.97 Å². The normalized spacial score (nSPS) is 14.4. The van der Waals surface area contributed by atoms with Gasteiger partial charge in [0.05, 0.1) is 12.0 Å². The van der Waals surface area contributed by atoms with Crippen LogP contribution in [0, 0.1) is 0 Å². The first kappa shape index (κ1) is 25.6. The molecule has 1 saturated heterocycles. The maximum atomic E-state index is 12.9. The largest absolute Gasteiger partial charge is 0.496 e. The maximum Gasteiger partial charge on any atom is 0.339 e. The molecule has 1 heterocycles. The van der Waals surface area contributed by atoms with Gasteiger partial charge in [0.2, 0.25) is 0 Å². The number of piperazine rings is 1. The molecule has 8 nitrogen and oxygen atoms in total. The van der Waals surface area contributed by atoms with E-state index in [1.165, 1.54) is 7.11 Å². The number of hydrogen-bond acceptors (Lipinski definition) is 6. The fourth-order valence-corrected chi connectivity index (χ4v) is 5.83. The summed E-state index contributed by atoms with van der Waals surface area (Å²) in [5, 5.41) is 11.3. The summed E-state index contributed by atoms with van der Waals surface area (Å²) in [6.07, 6.45) is 0. The molecule has 0 saturated carbocycles. The number of carboxylic acids is 1. The average Bonchev–Trinajstić information content (AvgIpc) is 2.93. The zero-order chi connectivity index (χ0) is 26.7. The summed E-state index contributed by atoms with van der Waals surface area (Å²) in [5.41, 5.74) is 2.63. The number of carboxylic acid groups (broad SMARTS) is 1. The Hall–Kier alpha value is -4.08. The molecule has 38 heavy (non-hydrogen) atoms. The highest BCUT2D eigenvalue weighted by Gasteiger charge is 2.20. The molecule has 2 N–H and O–H groups in total. The van der Waals surface area contributed by atoms with Crippen molar-refractivity contribution in [3.05, 3.63) is 96.1 Å². The minimum absolute atomic E-state index is 0.167. The van der Waals surface area contributed by atoms with E-state index in [0.29, 0.717) is 18.0 Å². The summed E-state index contributed by atoms with van der Waals surface area (Å²) >= 11 is 0. The number of ether oxygens (including phenoxy) is 1. The Balaban J connectivity index is 1.19. The standard InChI is InChI=1S/C29H29N3O5S/c1-37-28-13-6-21(18-27(28)29(33)34)20-31-14-16-32(17-15-31)25-10-8-24(9-11-25)30-38(35,36)26-12-7-22-4-2-3-5-23(22)19-26/h2-13,18-19,30H,14-17,20H2,1H3,(H,33,34). The number of fused-ring (bicyclic) bond motifs is 1. The van der Waals surface area contributed by atoms with Gasteiger partial charge in [-0.1, -0.05) is 36.4 Å². The topological polar surface area (TPSA) is 99.2 Å². The second kappa shape index (κ2) is 10.7. The number of sulfonamides is 1. The highest BCUT2D eigenvalue weighted by Crippen LogP contribution is 2.25. The van der Waals surface area contributed by atoms with Gasteiger partial charge in [-0.3, -0.25) is 9.62 Å². The molecule has 5 rings (SSSR count). The number of aromatic carboxylic acids is 1. The van der Waals surface area contributed by atoms with Crippen LogP contribution in [-0.4, -0.2) is 57.7 Å². The molecule has 1 aliphatic rings. The van der Waals surface area contributed by atoms with Crippen molar-refractivity contribution in [1.29, 1.82) is 0 Å². The number of methoxy groups -OCH3 is 1. The van der Waals surface area contributed by atoms with E-state index < -0.39 is 16.0 Å². The van der Waals surface area contributed by atoms with E-state index in [2.05, 4.69) is 14.5 Å². The third kappa shape index (κ3) is 5.58. The van der Waals surface area contributed by atoms with Gasteiger partial charge in [0, 0.05) is 44.1 Å². The lowest BCUT2D eigenvalue weighted by atomic mass is 10.1. The minimum Gasteiger partial charge on any atom is -0.496 e. The quantitative estimate of drug-likeness (QED) is 0.341. The van der Waals surface area contributed by atoms with Crippen molar-refractivity contribution < 1.29 is 23.1 Å². The van der Waals surface area contributed by atoms with E-state index in [-0.39, 0.29) is 10.5 Å². The Bertz CT molecular complexity index is 1560. The van der Waals surface area contributed by atoms with Gasteiger partial charge in [0.1, 0.15) is 11.3 Å². The van der Waals surface area contributed by atoms with Gasteiger partial charge in [0.25, 0.3) is 10.0 Å². The van der Waals surface area contributed by atoms with Crippen molar-refractivity contribution >= 4 is 38.1 Å². The molecule has 1 fully saturated rings. The number of hydrogen-bond donors (Lipinski definition) is 2. The van der Waals surface area contributed by atoms with Crippen LogP contribution < -0.4 is 14.4 Å². The summed E-state index contributed by atoms with van der Waals surface area (Å²) in [4.78, 5) is 16.3. The highest BCUT2D eigenvalue weighted by molar-refractivity contribution is 7.92. The summed E-state index contributed by atoms with van der Waals surface area (Å²) in [5.74, 6) is -0.648. The van der Waals surface area contributed by atoms with Gasteiger partial charge in [-0.15, -0.1) is 0 Å². The molecular formula is C29H29N3O5S. The van der Waals surface area contributed by atoms with Crippen LogP contribution in [-0.2, 0) is 16.6 Å². The van der Waals surface area contributed by atoms with Crippen LogP contribution in [0.4, 0.5) is 11.4 Å². The first-order valence-corrected chi connectivity index (χ1v) is 13.8. The molecule has 0 atom stereocenters. The summed E-state index contributed by atoms with van der Waals surface area (Å²) in [7, 11) is -2.24. The highest BCUT2D eigenvalue weighted by atomic mass is 32.2. The molecule has 0 spiro atoms. The number of nitrogens with one attached hydrogen (secondary N) is 1. The zero-order valence-electron chi connectivity index (χ0n) is 21.0. The van der Waals surface area contributed by atoms with Crippen molar-refractivity contribution in [2.24, 2.45) is 0 Å². The predicted octanol–water partition coefficient (Wildman–Crippen LogP) is 4.67. The van der Waals surface area contributed by atoms with Gasteiger partial charge in [-0.05, 0) is 64.9 Å². The van der Waals surface area contributed by atoms with Gasteiger partial charge in [0.15, 0.2) is 0 Å². The van der Waals surface area contributed by atoms with Crippen molar-refractivity contribution in [1.82, 2.24) is 4.90 Å². The first-order chi connectivity index (χ1) is 18.3. The molecule has 0 aromatic heterocycles.